The van der Waals surface area contributed by atoms with E-state index < -0.39 is 0 Å². The van der Waals surface area contributed by atoms with E-state index in [4.69, 9.17) is 11.6 Å². The number of nitrogens with one attached hydrogen (secondary N) is 1. The van der Waals surface area contributed by atoms with Gasteiger partial charge in [-0.15, -0.1) is 11.3 Å². The van der Waals surface area contributed by atoms with E-state index in [0.29, 0.717) is 24.4 Å². The Morgan fingerprint density at radius 1 is 1.32 bits per heavy atom. The summed E-state index contributed by atoms with van der Waals surface area (Å²) in [6.07, 6.45) is 0.697. The highest BCUT2D eigenvalue weighted by molar-refractivity contribution is 7.10. The van der Waals surface area contributed by atoms with Crippen molar-refractivity contribution in [2.75, 3.05) is 11.4 Å². The Kier molecular flexibility index (Phi) is 4.45. The Morgan fingerprint density at radius 3 is 2.77 bits per heavy atom. The summed E-state index contributed by atoms with van der Waals surface area (Å²) < 4.78 is 0. The molecule has 114 valence electrons. The molecule has 0 bridgehead atoms. The zero-order valence-corrected chi connectivity index (χ0v) is 13.4. The molecule has 4 nitrogen and oxygen atoms in total. The monoisotopic (exact) mass is 334 g/mol. The largest absolute Gasteiger partial charge is 0.351 e. The van der Waals surface area contributed by atoms with Gasteiger partial charge in [-0.1, -0.05) is 17.7 Å². The van der Waals surface area contributed by atoms with Crippen LogP contribution in [-0.2, 0) is 16.0 Å². The fourth-order valence-corrected chi connectivity index (χ4v) is 3.35. The lowest BCUT2D eigenvalue weighted by atomic mass is 10.2. The number of nitrogens with zero attached hydrogens (tertiary/aromatic N) is 1. The second-order valence-electron chi connectivity index (χ2n) is 5.21. The number of rotatable bonds is 4. The molecule has 3 rings (SSSR count). The van der Waals surface area contributed by atoms with E-state index in [1.807, 2.05) is 29.6 Å². The fourth-order valence-electron chi connectivity index (χ4n) is 2.52. The standard InChI is InChI=1S/C16H15ClN2O2S/c17-11-3-5-13(6-4-11)19-10-12(8-16(19)21)18-15(20)9-14-2-1-7-22-14/h1-7,12H,8-10H2,(H,18,20)/t12-/m0/s1. The van der Waals surface area contributed by atoms with Crippen LogP contribution < -0.4 is 10.2 Å². The number of thiophene rings is 1. The molecule has 0 unspecified atom stereocenters. The van der Waals surface area contributed by atoms with Gasteiger partial charge in [-0.3, -0.25) is 9.59 Å². The van der Waals surface area contributed by atoms with Crippen LogP contribution >= 0.6 is 22.9 Å². The first kappa shape index (κ1) is 15.1. The Labute approximate surface area is 137 Å². The van der Waals surface area contributed by atoms with Gasteiger partial charge in [0.15, 0.2) is 0 Å². The summed E-state index contributed by atoms with van der Waals surface area (Å²) in [5.74, 6) is -0.0260. The average Bonchev–Trinajstić information content (AvgIpc) is 3.10. The number of benzene rings is 1. The van der Waals surface area contributed by atoms with Crippen molar-refractivity contribution in [1.82, 2.24) is 5.32 Å². The molecule has 1 aliphatic rings. The van der Waals surface area contributed by atoms with E-state index in [-0.39, 0.29) is 17.9 Å². The molecule has 1 fully saturated rings. The van der Waals surface area contributed by atoms with Gasteiger partial charge in [-0.05, 0) is 35.7 Å². The molecular weight excluding hydrogens is 320 g/mol. The minimum Gasteiger partial charge on any atom is -0.351 e. The molecule has 1 saturated heterocycles. The molecule has 1 aliphatic heterocycles. The predicted octanol–water partition coefficient (Wildman–Crippen LogP) is 2.87. The van der Waals surface area contributed by atoms with E-state index >= 15 is 0 Å². The van der Waals surface area contributed by atoms with Crippen LogP contribution in [0.3, 0.4) is 0 Å². The Morgan fingerprint density at radius 2 is 2.09 bits per heavy atom. The van der Waals surface area contributed by atoms with Crippen molar-refractivity contribution in [1.29, 1.82) is 0 Å². The van der Waals surface area contributed by atoms with E-state index in [1.54, 1.807) is 28.4 Å². The third-order valence-electron chi connectivity index (χ3n) is 3.54. The summed E-state index contributed by atoms with van der Waals surface area (Å²) in [5, 5.41) is 5.52. The van der Waals surface area contributed by atoms with Crippen LogP contribution in [0.4, 0.5) is 5.69 Å². The molecule has 2 aromatic rings. The van der Waals surface area contributed by atoms with Gasteiger partial charge in [0, 0.05) is 28.6 Å². The van der Waals surface area contributed by atoms with Gasteiger partial charge in [0.25, 0.3) is 0 Å². The molecule has 0 saturated carbocycles. The summed E-state index contributed by atoms with van der Waals surface area (Å²) in [6, 6.07) is 10.9. The highest BCUT2D eigenvalue weighted by atomic mass is 35.5. The molecule has 0 aliphatic carbocycles. The average molecular weight is 335 g/mol. The van der Waals surface area contributed by atoms with Gasteiger partial charge in [0.1, 0.15) is 0 Å². The number of halogens is 1. The quantitative estimate of drug-likeness (QED) is 0.934. The highest BCUT2D eigenvalue weighted by Crippen LogP contribution is 2.23. The fraction of sp³-hybridized carbons (Fsp3) is 0.250. The molecule has 1 aromatic carbocycles. The normalized spacial score (nSPS) is 17.8. The lowest BCUT2D eigenvalue weighted by molar-refractivity contribution is -0.121. The summed E-state index contributed by atoms with van der Waals surface area (Å²) in [5.41, 5.74) is 0.810. The van der Waals surface area contributed by atoms with Gasteiger partial charge in [-0.2, -0.15) is 0 Å². The van der Waals surface area contributed by atoms with Crippen LogP contribution in [0.2, 0.25) is 5.02 Å². The summed E-state index contributed by atoms with van der Waals surface area (Å²) in [7, 11) is 0. The molecule has 2 heterocycles. The van der Waals surface area contributed by atoms with Crippen LogP contribution in [0.5, 0.6) is 0 Å². The molecular formula is C16H15ClN2O2S. The smallest absolute Gasteiger partial charge is 0.229 e. The minimum absolute atomic E-state index is 0.0174. The van der Waals surface area contributed by atoms with Gasteiger partial charge >= 0.3 is 0 Å². The number of hydrogen-bond acceptors (Lipinski definition) is 3. The predicted molar refractivity (Wildman–Crippen MR) is 88.4 cm³/mol. The molecule has 1 N–H and O–H groups in total. The lowest BCUT2D eigenvalue weighted by Crippen LogP contribution is -2.37. The Bertz CT molecular complexity index is 670. The van der Waals surface area contributed by atoms with E-state index in [0.717, 1.165) is 10.6 Å². The van der Waals surface area contributed by atoms with Crippen molar-refractivity contribution in [3.05, 3.63) is 51.7 Å². The maximum absolute atomic E-state index is 12.1. The van der Waals surface area contributed by atoms with Crippen molar-refractivity contribution in [2.24, 2.45) is 0 Å². The molecule has 1 atom stereocenters. The topological polar surface area (TPSA) is 49.4 Å². The van der Waals surface area contributed by atoms with Crippen LogP contribution in [0.1, 0.15) is 11.3 Å². The zero-order valence-electron chi connectivity index (χ0n) is 11.8. The third kappa shape index (κ3) is 3.48. The summed E-state index contributed by atoms with van der Waals surface area (Å²) >= 11 is 7.42. The second kappa shape index (κ2) is 6.50. The Balaban J connectivity index is 1.59. The van der Waals surface area contributed by atoms with Crippen molar-refractivity contribution in [3.8, 4) is 0 Å². The molecule has 1 aromatic heterocycles. The number of anilines is 1. The van der Waals surface area contributed by atoms with E-state index in [2.05, 4.69) is 5.32 Å². The summed E-state index contributed by atoms with van der Waals surface area (Å²) in [4.78, 5) is 26.8. The first-order valence-electron chi connectivity index (χ1n) is 6.99. The second-order valence-corrected chi connectivity index (χ2v) is 6.67. The highest BCUT2D eigenvalue weighted by Gasteiger charge is 2.31. The molecule has 6 heteroatoms. The first-order valence-corrected chi connectivity index (χ1v) is 8.25. The van der Waals surface area contributed by atoms with Crippen molar-refractivity contribution >= 4 is 40.4 Å². The number of hydrogen-bond donors (Lipinski definition) is 1. The maximum atomic E-state index is 12.1. The lowest BCUT2D eigenvalue weighted by Gasteiger charge is -2.17. The maximum Gasteiger partial charge on any atom is 0.229 e. The van der Waals surface area contributed by atoms with Gasteiger partial charge in [-0.25, -0.2) is 0 Å². The van der Waals surface area contributed by atoms with Gasteiger partial charge in [0.05, 0.1) is 12.5 Å². The summed E-state index contributed by atoms with van der Waals surface area (Å²) in [6.45, 7) is 0.497. The Hall–Kier alpha value is -1.85. The number of carbonyl (C=O) groups is 2. The van der Waals surface area contributed by atoms with Crippen molar-refractivity contribution < 1.29 is 9.59 Å². The molecule has 0 radical (unpaired) electrons. The molecule has 22 heavy (non-hydrogen) atoms. The third-order valence-corrected chi connectivity index (χ3v) is 4.67. The molecule has 0 spiro atoms. The van der Waals surface area contributed by atoms with Crippen molar-refractivity contribution in [3.63, 3.8) is 0 Å². The van der Waals surface area contributed by atoms with E-state index in [1.165, 1.54) is 0 Å². The van der Waals surface area contributed by atoms with Crippen LogP contribution in [0, 0.1) is 0 Å². The van der Waals surface area contributed by atoms with Gasteiger partial charge < -0.3 is 10.2 Å². The van der Waals surface area contributed by atoms with E-state index in [9.17, 15) is 9.59 Å². The zero-order chi connectivity index (χ0) is 15.5. The SMILES string of the molecule is O=C(Cc1cccs1)N[C@H]1CC(=O)N(c2ccc(Cl)cc2)C1. The first-order chi connectivity index (χ1) is 10.6. The van der Waals surface area contributed by atoms with Crippen LogP contribution in [0.25, 0.3) is 0 Å². The number of carbonyl (C=O) groups excluding carboxylic acids is 2. The minimum atomic E-state index is -0.143. The molecule has 2 amide bonds. The van der Waals surface area contributed by atoms with Gasteiger partial charge in [0.2, 0.25) is 11.8 Å². The van der Waals surface area contributed by atoms with Crippen molar-refractivity contribution in [2.45, 2.75) is 18.9 Å². The van der Waals surface area contributed by atoms with Crippen LogP contribution in [0.15, 0.2) is 41.8 Å². The number of amides is 2. The van der Waals surface area contributed by atoms with Crippen LogP contribution in [-0.4, -0.2) is 24.4 Å².